The molecule has 5 heteroatoms. The number of aliphatic hydroxyl groups is 1. The molecule has 0 radical (unpaired) electrons. The number of rotatable bonds is 4. The van der Waals surface area contributed by atoms with Gasteiger partial charge >= 0.3 is 6.09 Å². The van der Waals surface area contributed by atoms with Crippen LogP contribution in [0, 0.1) is 0 Å². The van der Waals surface area contributed by atoms with E-state index in [4.69, 9.17) is 9.47 Å². The van der Waals surface area contributed by atoms with Gasteiger partial charge in [0, 0.05) is 6.61 Å². The highest BCUT2D eigenvalue weighted by Crippen LogP contribution is 2.29. The SMILES string of the molecule is CC(C)(C)OC(=O)N[C@H](CO)c1cccc(C2CCCO2)c1. The van der Waals surface area contributed by atoms with Crippen LogP contribution in [0.3, 0.4) is 0 Å². The predicted molar refractivity (Wildman–Crippen MR) is 83.6 cm³/mol. The molecule has 2 atom stereocenters. The molecule has 1 aromatic rings. The van der Waals surface area contributed by atoms with Gasteiger partial charge in [0.2, 0.25) is 0 Å². The third-order valence-electron chi connectivity index (χ3n) is 3.49. The van der Waals surface area contributed by atoms with E-state index in [1.54, 1.807) is 20.8 Å². The second-order valence-corrected chi connectivity index (χ2v) is 6.55. The summed E-state index contributed by atoms with van der Waals surface area (Å²) in [6, 6.07) is 7.31. The van der Waals surface area contributed by atoms with Crippen LogP contribution in [0.5, 0.6) is 0 Å². The Bertz CT molecular complexity index is 504. The summed E-state index contributed by atoms with van der Waals surface area (Å²) in [5, 5.41) is 12.3. The van der Waals surface area contributed by atoms with E-state index in [2.05, 4.69) is 5.32 Å². The van der Waals surface area contributed by atoms with Crippen LogP contribution in [0.4, 0.5) is 4.79 Å². The molecule has 2 N–H and O–H groups in total. The maximum atomic E-state index is 11.9. The van der Waals surface area contributed by atoms with Gasteiger partial charge < -0.3 is 19.9 Å². The lowest BCUT2D eigenvalue weighted by Gasteiger charge is -2.23. The van der Waals surface area contributed by atoms with Crippen LogP contribution >= 0.6 is 0 Å². The van der Waals surface area contributed by atoms with E-state index in [-0.39, 0.29) is 12.7 Å². The Kier molecular flexibility index (Phi) is 5.42. The van der Waals surface area contributed by atoms with Crippen LogP contribution in [0.15, 0.2) is 24.3 Å². The fourth-order valence-electron chi connectivity index (χ4n) is 2.50. The zero-order valence-electron chi connectivity index (χ0n) is 13.5. The first-order valence-corrected chi connectivity index (χ1v) is 7.71. The van der Waals surface area contributed by atoms with Gasteiger partial charge in [0.1, 0.15) is 5.60 Å². The summed E-state index contributed by atoms with van der Waals surface area (Å²) in [5.41, 5.74) is 1.37. The molecule has 1 aliphatic heterocycles. The number of ether oxygens (including phenoxy) is 2. The number of aliphatic hydroxyl groups excluding tert-OH is 1. The lowest BCUT2D eigenvalue weighted by atomic mass is 10.0. The van der Waals surface area contributed by atoms with Crippen molar-refractivity contribution in [2.75, 3.05) is 13.2 Å². The van der Waals surface area contributed by atoms with Crippen molar-refractivity contribution in [3.63, 3.8) is 0 Å². The van der Waals surface area contributed by atoms with E-state index in [1.165, 1.54) is 0 Å². The molecule has 1 aliphatic rings. The highest BCUT2D eigenvalue weighted by Gasteiger charge is 2.22. The normalized spacial score (nSPS) is 19.7. The highest BCUT2D eigenvalue weighted by molar-refractivity contribution is 5.68. The van der Waals surface area contributed by atoms with Crippen molar-refractivity contribution < 1.29 is 19.4 Å². The quantitative estimate of drug-likeness (QED) is 0.897. The highest BCUT2D eigenvalue weighted by atomic mass is 16.6. The number of hydrogen-bond acceptors (Lipinski definition) is 4. The Hall–Kier alpha value is -1.59. The fourth-order valence-corrected chi connectivity index (χ4v) is 2.50. The molecule has 1 unspecified atom stereocenters. The van der Waals surface area contributed by atoms with E-state index >= 15 is 0 Å². The molecule has 0 saturated carbocycles. The van der Waals surface area contributed by atoms with E-state index < -0.39 is 17.7 Å². The molecule has 22 heavy (non-hydrogen) atoms. The molecule has 1 heterocycles. The number of hydrogen-bond donors (Lipinski definition) is 2. The van der Waals surface area contributed by atoms with Crippen LogP contribution in [0.25, 0.3) is 0 Å². The smallest absolute Gasteiger partial charge is 0.408 e. The number of nitrogens with one attached hydrogen (secondary N) is 1. The molecule has 1 saturated heterocycles. The third-order valence-corrected chi connectivity index (χ3v) is 3.49. The van der Waals surface area contributed by atoms with Gasteiger partial charge in [-0.05, 0) is 44.7 Å². The van der Waals surface area contributed by atoms with Gasteiger partial charge in [-0.1, -0.05) is 24.3 Å². The van der Waals surface area contributed by atoms with Gasteiger partial charge in [-0.3, -0.25) is 0 Å². The number of carbonyl (C=O) groups is 1. The Morgan fingerprint density at radius 3 is 2.86 bits per heavy atom. The van der Waals surface area contributed by atoms with Gasteiger partial charge in [-0.15, -0.1) is 0 Å². The summed E-state index contributed by atoms with van der Waals surface area (Å²) < 4.78 is 10.9. The number of carbonyl (C=O) groups excluding carboxylic acids is 1. The largest absolute Gasteiger partial charge is 0.444 e. The molecular weight excluding hydrogens is 282 g/mol. The van der Waals surface area contributed by atoms with Gasteiger partial charge in [0.05, 0.1) is 18.8 Å². The molecule has 1 fully saturated rings. The van der Waals surface area contributed by atoms with Gasteiger partial charge in [-0.25, -0.2) is 4.79 Å². The van der Waals surface area contributed by atoms with Gasteiger partial charge in [0.25, 0.3) is 0 Å². The van der Waals surface area contributed by atoms with Crippen molar-refractivity contribution in [3.05, 3.63) is 35.4 Å². The van der Waals surface area contributed by atoms with Crippen LogP contribution in [0.1, 0.15) is 56.9 Å². The standard InChI is InChI=1S/C17H25NO4/c1-17(2,3)22-16(20)18-14(11-19)12-6-4-7-13(10-12)15-8-5-9-21-15/h4,6-7,10,14-15,19H,5,8-9,11H2,1-3H3,(H,18,20)/t14-,15?/m1/s1. The molecule has 2 rings (SSSR count). The zero-order valence-corrected chi connectivity index (χ0v) is 13.5. The minimum Gasteiger partial charge on any atom is -0.444 e. The minimum absolute atomic E-state index is 0.112. The van der Waals surface area contributed by atoms with Crippen LogP contribution in [0.2, 0.25) is 0 Å². The summed E-state index contributed by atoms with van der Waals surface area (Å²) in [6.45, 7) is 6.01. The molecule has 5 nitrogen and oxygen atoms in total. The predicted octanol–water partition coefficient (Wildman–Crippen LogP) is 3.10. The van der Waals surface area contributed by atoms with Crippen molar-refractivity contribution in [3.8, 4) is 0 Å². The fraction of sp³-hybridized carbons (Fsp3) is 0.588. The first kappa shape index (κ1) is 16.8. The first-order valence-electron chi connectivity index (χ1n) is 7.71. The van der Waals surface area contributed by atoms with Crippen molar-refractivity contribution in [1.29, 1.82) is 0 Å². The first-order chi connectivity index (χ1) is 10.4. The van der Waals surface area contributed by atoms with Crippen LogP contribution < -0.4 is 5.32 Å². The van der Waals surface area contributed by atoms with Gasteiger partial charge in [-0.2, -0.15) is 0 Å². The van der Waals surface area contributed by atoms with Crippen molar-refractivity contribution in [2.24, 2.45) is 0 Å². The number of benzene rings is 1. The van der Waals surface area contributed by atoms with E-state index in [0.29, 0.717) is 0 Å². The molecule has 0 aliphatic carbocycles. The molecular formula is C17H25NO4. The van der Waals surface area contributed by atoms with Crippen LogP contribution in [-0.2, 0) is 9.47 Å². The topological polar surface area (TPSA) is 67.8 Å². The minimum atomic E-state index is -0.566. The van der Waals surface area contributed by atoms with E-state index in [9.17, 15) is 9.90 Å². The summed E-state index contributed by atoms with van der Waals surface area (Å²) in [7, 11) is 0. The lowest BCUT2D eigenvalue weighted by molar-refractivity contribution is 0.0481. The van der Waals surface area contributed by atoms with Crippen LogP contribution in [-0.4, -0.2) is 30.0 Å². The lowest BCUT2D eigenvalue weighted by Crippen LogP contribution is -2.36. The molecule has 0 spiro atoms. The molecule has 0 bridgehead atoms. The maximum Gasteiger partial charge on any atom is 0.408 e. The monoisotopic (exact) mass is 307 g/mol. The second kappa shape index (κ2) is 7.11. The molecule has 122 valence electrons. The Morgan fingerprint density at radius 1 is 1.50 bits per heavy atom. The molecule has 1 amide bonds. The maximum absolute atomic E-state index is 11.9. The Morgan fingerprint density at radius 2 is 2.27 bits per heavy atom. The summed E-state index contributed by atoms with van der Waals surface area (Å²) in [6.07, 6.45) is 1.65. The average molecular weight is 307 g/mol. The molecule has 1 aromatic carbocycles. The number of amides is 1. The number of alkyl carbamates (subject to hydrolysis) is 1. The third kappa shape index (κ3) is 4.71. The summed E-state index contributed by atoms with van der Waals surface area (Å²) in [4.78, 5) is 11.9. The molecule has 0 aromatic heterocycles. The average Bonchev–Trinajstić information content (AvgIpc) is 2.97. The van der Waals surface area contributed by atoms with E-state index in [1.807, 2.05) is 24.3 Å². The Labute approximate surface area is 131 Å². The summed E-state index contributed by atoms with van der Waals surface area (Å²) >= 11 is 0. The van der Waals surface area contributed by atoms with Gasteiger partial charge in [0.15, 0.2) is 0 Å². The summed E-state index contributed by atoms with van der Waals surface area (Å²) in [5.74, 6) is 0. The Balaban J connectivity index is 2.07. The van der Waals surface area contributed by atoms with Crippen molar-refractivity contribution in [2.45, 2.75) is 51.4 Å². The van der Waals surface area contributed by atoms with E-state index in [0.717, 1.165) is 30.6 Å². The van der Waals surface area contributed by atoms with Crippen molar-refractivity contribution >= 4 is 6.09 Å². The second-order valence-electron chi connectivity index (χ2n) is 6.55. The van der Waals surface area contributed by atoms with Crippen molar-refractivity contribution in [1.82, 2.24) is 5.32 Å². The zero-order chi connectivity index (χ0) is 16.2.